The summed E-state index contributed by atoms with van der Waals surface area (Å²) in [7, 11) is 3.25. The molecule has 2 fully saturated rings. The van der Waals surface area contributed by atoms with Crippen LogP contribution in [0.3, 0.4) is 0 Å². The molecule has 0 bridgehead atoms. The molecule has 22 heavy (non-hydrogen) atoms. The average Bonchev–Trinajstić information content (AvgIpc) is 3.12. The van der Waals surface area contributed by atoms with E-state index in [9.17, 15) is 4.79 Å². The minimum absolute atomic E-state index is 0.245. The van der Waals surface area contributed by atoms with E-state index < -0.39 is 0 Å². The summed E-state index contributed by atoms with van der Waals surface area (Å²) in [5, 5.41) is 0. The molecule has 1 amide bonds. The third-order valence-electron chi connectivity index (χ3n) is 4.63. The van der Waals surface area contributed by atoms with Gasteiger partial charge in [-0.3, -0.25) is 4.79 Å². The van der Waals surface area contributed by atoms with Gasteiger partial charge in [-0.25, -0.2) is 4.98 Å². The topological polar surface area (TPSA) is 67.8 Å². The Morgan fingerprint density at radius 1 is 1.32 bits per heavy atom. The standard InChI is InChI=1S/C15H22N4O3/c1-21-10-9-18-7-4-15(13(18)20)5-8-19(11-15)14-16-6-3-12(17-14)22-2/h3,6H,4-5,7-11H2,1-2H3. The van der Waals surface area contributed by atoms with Gasteiger partial charge in [-0.15, -0.1) is 0 Å². The minimum Gasteiger partial charge on any atom is -0.481 e. The van der Waals surface area contributed by atoms with Crippen LogP contribution in [0.4, 0.5) is 5.95 Å². The van der Waals surface area contributed by atoms with Gasteiger partial charge < -0.3 is 19.3 Å². The Kier molecular flexibility index (Phi) is 4.15. The number of methoxy groups -OCH3 is 2. The molecule has 1 aromatic heterocycles. The summed E-state index contributed by atoms with van der Waals surface area (Å²) in [5.41, 5.74) is -0.278. The lowest BCUT2D eigenvalue weighted by Crippen LogP contribution is -2.38. The van der Waals surface area contributed by atoms with Gasteiger partial charge in [-0.05, 0) is 12.8 Å². The van der Waals surface area contributed by atoms with E-state index in [-0.39, 0.29) is 11.3 Å². The van der Waals surface area contributed by atoms with Crippen LogP contribution in [0.2, 0.25) is 0 Å². The van der Waals surface area contributed by atoms with Crippen LogP contribution in [-0.2, 0) is 9.53 Å². The normalized spacial score (nSPS) is 24.5. The van der Waals surface area contributed by atoms with Gasteiger partial charge in [-0.1, -0.05) is 0 Å². The lowest BCUT2D eigenvalue weighted by atomic mass is 9.85. The van der Waals surface area contributed by atoms with Crippen molar-refractivity contribution in [1.82, 2.24) is 14.9 Å². The van der Waals surface area contributed by atoms with Gasteiger partial charge in [0.25, 0.3) is 0 Å². The van der Waals surface area contributed by atoms with E-state index in [1.165, 1.54) is 0 Å². The number of hydrogen-bond donors (Lipinski definition) is 0. The predicted molar refractivity (Wildman–Crippen MR) is 80.9 cm³/mol. The predicted octanol–water partition coefficient (Wildman–Crippen LogP) is 0.560. The molecule has 7 nitrogen and oxygen atoms in total. The molecule has 0 saturated carbocycles. The number of carbonyl (C=O) groups is 1. The van der Waals surface area contributed by atoms with Crippen LogP contribution in [0.15, 0.2) is 12.3 Å². The van der Waals surface area contributed by atoms with Crippen molar-refractivity contribution >= 4 is 11.9 Å². The molecule has 0 aromatic carbocycles. The number of aromatic nitrogens is 2. The highest BCUT2D eigenvalue weighted by atomic mass is 16.5. The van der Waals surface area contributed by atoms with Gasteiger partial charge in [0.2, 0.25) is 17.7 Å². The molecule has 3 heterocycles. The van der Waals surface area contributed by atoms with E-state index in [4.69, 9.17) is 9.47 Å². The SMILES string of the molecule is COCCN1CCC2(CCN(c3nccc(OC)n3)C2)C1=O. The highest BCUT2D eigenvalue weighted by molar-refractivity contribution is 5.86. The Bertz CT molecular complexity index is 553. The fourth-order valence-corrected chi connectivity index (χ4v) is 3.33. The molecule has 2 aliphatic heterocycles. The number of amides is 1. The van der Waals surface area contributed by atoms with E-state index in [2.05, 4.69) is 14.9 Å². The smallest absolute Gasteiger partial charge is 0.230 e. The number of hydrogen-bond acceptors (Lipinski definition) is 6. The third-order valence-corrected chi connectivity index (χ3v) is 4.63. The van der Waals surface area contributed by atoms with Crippen molar-refractivity contribution in [3.63, 3.8) is 0 Å². The Hall–Kier alpha value is -1.89. The van der Waals surface area contributed by atoms with Crippen molar-refractivity contribution < 1.29 is 14.3 Å². The highest BCUT2D eigenvalue weighted by Gasteiger charge is 2.51. The van der Waals surface area contributed by atoms with E-state index in [0.717, 1.165) is 25.9 Å². The zero-order valence-corrected chi connectivity index (χ0v) is 13.1. The molecule has 0 radical (unpaired) electrons. The summed E-state index contributed by atoms with van der Waals surface area (Å²) in [6.45, 7) is 3.56. The molecule has 1 atom stereocenters. The van der Waals surface area contributed by atoms with Crippen molar-refractivity contribution in [3.05, 3.63) is 12.3 Å². The maximum absolute atomic E-state index is 12.7. The van der Waals surface area contributed by atoms with Crippen molar-refractivity contribution in [2.45, 2.75) is 12.8 Å². The summed E-state index contributed by atoms with van der Waals surface area (Å²) in [6.07, 6.45) is 3.44. The van der Waals surface area contributed by atoms with Crippen LogP contribution >= 0.6 is 0 Å². The molecular weight excluding hydrogens is 284 g/mol. The second-order valence-electron chi connectivity index (χ2n) is 5.89. The van der Waals surface area contributed by atoms with Gasteiger partial charge in [-0.2, -0.15) is 4.98 Å². The Morgan fingerprint density at radius 2 is 2.14 bits per heavy atom. The minimum atomic E-state index is -0.278. The van der Waals surface area contributed by atoms with Gasteiger partial charge in [0.15, 0.2) is 0 Å². The highest BCUT2D eigenvalue weighted by Crippen LogP contribution is 2.41. The van der Waals surface area contributed by atoms with Crippen molar-refractivity contribution in [2.24, 2.45) is 5.41 Å². The average molecular weight is 306 g/mol. The van der Waals surface area contributed by atoms with E-state index >= 15 is 0 Å². The van der Waals surface area contributed by atoms with Crippen molar-refractivity contribution in [1.29, 1.82) is 0 Å². The van der Waals surface area contributed by atoms with E-state index in [0.29, 0.717) is 31.5 Å². The molecule has 120 valence electrons. The zero-order chi connectivity index (χ0) is 15.6. The maximum Gasteiger partial charge on any atom is 0.230 e. The van der Waals surface area contributed by atoms with E-state index in [1.807, 2.05) is 4.90 Å². The van der Waals surface area contributed by atoms with Crippen LogP contribution in [0.25, 0.3) is 0 Å². The maximum atomic E-state index is 12.7. The van der Waals surface area contributed by atoms with Gasteiger partial charge in [0.1, 0.15) is 0 Å². The lowest BCUT2D eigenvalue weighted by Gasteiger charge is -2.23. The number of carbonyl (C=O) groups excluding carboxylic acids is 1. The number of nitrogens with zero attached hydrogens (tertiary/aromatic N) is 4. The molecule has 0 aliphatic carbocycles. The van der Waals surface area contributed by atoms with Gasteiger partial charge >= 0.3 is 0 Å². The first-order valence-corrected chi connectivity index (χ1v) is 7.59. The fourth-order valence-electron chi connectivity index (χ4n) is 3.33. The van der Waals surface area contributed by atoms with E-state index in [1.54, 1.807) is 26.5 Å². The van der Waals surface area contributed by atoms with Crippen LogP contribution < -0.4 is 9.64 Å². The molecule has 2 aliphatic rings. The van der Waals surface area contributed by atoms with Crippen molar-refractivity contribution in [2.75, 3.05) is 51.9 Å². The largest absolute Gasteiger partial charge is 0.481 e. The van der Waals surface area contributed by atoms with Crippen molar-refractivity contribution in [3.8, 4) is 5.88 Å². The molecule has 1 spiro atoms. The molecule has 1 unspecified atom stereocenters. The van der Waals surface area contributed by atoms with Crippen LogP contribution in [0.5, 0.6) is 5.88 Å². The molecule has 2 saturated heterocycles. The summed E-state index contributed by atoms with van der Waals surface area (Å²) in [6, 6.07) is 1.72. The van der Waals surface area contributed by atoms with Crippen LogP contribution in [0.1, 0.15) is 12.8 Å². The second kappa shape index (κ2) is 6.08. The van der Waals surface area contributed by atoms with Crippen LogP contribution in [0, 0.1) is 5.41 Å². The summed E-state index contributed by atoms with van der Waals surface area (Å²) < 4.78 is 10.2. The lowest BCUT2D eigenvalue weighted by molar-refractivity contribution is -0.135. The first-order valence-electron chi connectivity index (χ1n) is 7.59. The molecule has 1 aromatic rings. The summed E-state index contributed by atoms with van der Waals surface area (Å²) >= 11 is 0. The molecule has 7 heteroatoms. The molecule has 0 N–H and O–H groups in total. The molecule has 3 rings (SSSR count). The monoisotopic (exact) mass is 306 g/mol. The Balaban J connectivity index is 1.70. The number of ether oxygens (including phenoxy) is 2. The third kappa shape index (κ3) is 2.61. The fraction of sp³-hybridized carbons (Fsp3) is 0.667. The second-order valence-corrected chi connectivity index (χ2v) is 5.89. The van der Waals surface area contributed by atoms with Gasteiger partial charge in [0.05, 0.1) is 19.1 Å². The Morgan fingerprint density at radius 3 is 2.91 bits per heavy atom. The summed E-state index contributed by atoms with van der Waals surface area (Å²) in [4.78, 5) is 25.4. The zero-order valence-electron chi connectivity index (χ0n) is 13.1. The molecular formula is C15H22N4O3. The number of likely N-dealkylation sites (tertiary alicyclic amines) is 1. The van der Waals surface area contributed by atoms with Gasteiger partial charge in [0, 0.05) is 45.6 Å². The Labute approximate surface area is 130 Å². The quantitative estimate of drug-likeness (QED) is 0.792. The number of rotatable bonds is 5. The van der Waals surface area contributed by atoms with Crippen LogP contribution in [-0.4, -0.2) is 67.8 Å². The first-order chi connectivity index (χ1) is 10.7. The number of anilines is 1. The summed E-state index contributed by atoms with van der Waals surface area (Å²) in [5.74, 6) is 1.43. The first kappa shape index (κ1) is 15.0.